The van der Waals surface area contributed by atoms with E-state index in [4.69, 9.17) is 18.5 Å². The molecular formula is C44H80NO8P. The summed E-state index contributed by atoms with van der Waals surface area (Å²) in [6.45, 7) is 4.17. The van der Waals surface area contributed by atoms with Crippen LogP contribution in [-0.2, 0) is 27.9 Å². The van der Waals surface area contributed by atoms with E-state index in [1.807, 2.05) is 34.1 Å². The van der Waals surface area contributed by atoms with Crippen molar-refractivity contribution in [2.45, 2.75) is 167 Å². The Bertz CT molecular complexity index is 1060. The monoisotopic (exact) mass is 782 g/mol. The number of rotatable bonds is 38. The molecule has 1 N–H and O–H groups in total. The molecule has 0 radical (unpaired) electrons. The highest BCUT2D eigenvalue weighted by molar-refractivity contribution is 7.45. The SMILES string of the molecule is CCCCCCCCCCCCCC/C=C/O[C@H](COC(=O)CCC/C=C\C/C=C\C/C=C\C/C=C\CCC[C@@H](C)O)COP(=O)([O-])OCC[N+](C)(C)C. The van der Waals surface area contributed by atoms with Crippen molar-refractivity contribution >= 4 is 13.8 Å². The molecule has 314 valence electrons. The van der Waals surface area contributed by atoms with Gasteiger partial charge in [0.15, 0.2) is 6.10 Å². The van der Waals surface area contributed by atoms with Crippen LogP contribution in [0.1, 0.15) is 155 Å². The number of phosphoric acid groups is 1. The first-order valence-electron chi connectivity index (χ1n) is 21.1. The zero-order valence-electron chi connectivity index (χ0n) is 35.0. The third kappa shape index (κ3) is 41.2. The van der Waals surface area contributed by atoms with Gasteiger partial charge in [0.1, 0.15) is 19.8 Å². The van der Waals surface area contributed by atoms with Crippen LogP contribution in [0.3, 0.4) is 0 Å². The Labute approximate surface area is 331 Å². The topological polar surface area (TPSA) is 114 Å². The van der Waals surface area contributed by atoms with Gasteiger partial charge in [-0.15, -0.1) is 0 Å². The Morgan fingerprint density at radius 3 is 1.72 bits per heavy atom. The number of aliphatic hydroxyl groups is 1. The van der Waals surface area contributed by atoms with Gasteiger partial charge in [0.25, 0.3) is 7.82 Å². The highest BCUT2D eigenvalue weighted by Crippen LogP contribution is 2.38. The van der Waals surface area contributed by atoms with E-state index in [1.165, 1.54) is 70.6 Å². The number of hydrogen-bond acceptors (Lipinski definition) is 8. The zero-order valence-corrected chi connectivity index (χ0v) is 35.9. The Morgan fingerprint density at radius 1 is 0.685 bits per heavy atom. The quantitative estimate of drug-likeness (QED) is 0.0164. The molecule has 0 aromatic rings. The second kappa shape index (κ2) is 36.6. The number of nitrogens with zero attached hydrogens (tertiary/aromatic N) is 1. The number of hydrogen-bond donors (Lipinski definition) is 1. The largest absolute Gasteiger partial charge is 0.756 e. The molecule has 0 spiro atoms. The van der Waals surface area contributed by atoms with Gasteiger partial charge in [-0.25, -0.2) is 0 Å². The van der Waals surface area contributed by atoms with Gasteiger partial charge in [-0.3, -0.25) is 9.36 Å². The first-order chi connectivity index (χ1) is 25.9. The Hall–Kier alpha value is -2.00. The third-order valence-electron chi connectivity index (χ3n) is 8.68. The summed E-state index contributed by atoms with van der Waals surface area (Å²) in [6, 6.07) is 0. The van der Waals surface area contributed by atoms with Gasteiger partial charge in [-0.2, -0.15) is 0 Å². The number of unbranched alkanes of at least 4 members (excludes halogenated alkanes) is 14. The number of aliphatic hydroxyl groups excluding tert-OH is 1. The van der Waals surface area contributed by atoms with Gasteiger partial charge in [0.2, 0.25) is 0 Å². The van der Waals surface area contributed by atoms with E-state index in [0.717, 1.165) is 57.8 Å². The highest BCUT2D eigenvalue weighted by atomic mass is 31.2. The highest BCUT2D eigenvalue weighted by Gasteiger charge is 2.19. The maximum Gasteiger partial charge on any atom is 0.305 e. The van der Waals surface area contributed by atoms with Crippen LogP contribution in [0.4, 0.5) is 0 Å². The summed E-state index contributed by atoms with van der Waals surface area (Å²) in [4.78, 5) is 24.8. The van der Waals surface area contributed by atoms with Crippen LogP contribution < -0.4 is 4.89 Å². The van der Waals surface area contributed by atoms with E-state index in [0.29, 0.717) is 17.4 Å². The van der Waals surface area contributed by atoms with E-state index in [1.54, 1.807) is 6.26 Å². The number of carbonyl (C=O) groups is 1. The summed E-state index contributed by atoms with van der Waals surface area (Å²) < 4.78 is 34.2. The van der Waals surface area contributed by atoms with Crippen molar-refractivity contribution in [3.05, 3.63) is 60.9 Å². The molecule has 9 nitrogen and oxygen atoms in total. The number of phosphoric ester groups is 1. The predicted octanol–water partition coefficient (Wildman–Crippen LogP) is 10.8. The first kappa shape index (κ1) is 52.0. The van der Waals surface area contributed by atoms with Crippen LogP contribution in [0.5, 0.6) is 0 Å². The lowest BCUT2D eigenvalue weighted by molar-refractivity contribution is -0.870. The fraction of sp³-hybridized carbons (Fsp3) is 0.750. The van der Waals surface area contributed by atoms with Crippen molar-refractivity contribution in [3.63, 3.8) is 0 Å². The molecule has 0 saturated carbocycles. The molecule has 54 heavy (non-hydrogen) atoms. The van der Waals surface area contributed by atoms with Gasteiger partial charge in [-0.1, -0.05) is 126 Å². The minimum atomic E-state index is -4.53. The lowest BCUT2D eigenvalue weighted by atomic mass is 10.0. The van der Waals surface area contributed by atoms with Crippen LogP contribution in [0.15, 0.2) is 60.9 Å². The molecule has 0 aromatic heterocycles. The van der Waals surface area contributed by atoms with Gasteiger partial charge < -0.3 is 33.0 Å². The molecule has 0 amide bonds. The molecular weight excluding hydrogens is 701 g/mol. The standard InChI is InChI=1S/C44H80NO8P/c1-6-7-8-9-10-11-12-13-19-22-25-28-31-34-38-50-43(41-53-54(48,49)52-39-37-45(3,4)5)40-51-44(47)36-33-30-27-24-21-18-16-14-15-17-20-23-26-29-32-35-42(2)46/h15-18,23-24,26-27,34,38,42-43,46H,6-14,19-22,25,28-33,35-37,39-41H2,1-5H3/b17-15-,18-16-,26-23-,27-24-,38-34+/t42-,43-/m1/s1. The maximum absolute atomic E-state index is 12.4. The molecule has 0 aromatic carbocycles. The van der Waals surface area contributed by atoms with Crippen molar-refractivity contribution in [1.82, 2.24) is 0 Å². The summed E-state index contributed by atoms with van der Waals surface area (Å²) in [7, 11) is 1.31. The molecule has 0 heterocycles. The van der Waals surface area contributed by atoms with Crippen LogP contribution in [-0.4, -0.2) is 75.3 Å². The van der Waals surface area contributed by atoms with Crippen LogP contribution in [0, 0.1) is 0 Å². The van der Waals surface area contributed by atoms with Crippen molar-refractivity contribution in [3.8, 4) is 0 Å². The number of allylic oxidation sites excluding steroid dienone is 9. The molecule has 0 aliphatic carbocycles. The average Bonchev–Trinajstić information content (AvgIpc) is 3.11. The number of ether oxygens (including phenoxy) is 2. The summed E-state index contributed by atoms with van der Waals surface area (Å²) >= 11 is 0. The number of quaternary nitrogens is 1. The molecule has 3 atom stereocenters. The Kier molecular flexibility index (Phi) is 35.3. The van der Waals surface area contributed by atoms with Gasteiger partial charge in [-0.05, 0) is 77.2 Å². The molecule has 0 bridgehead atoms. The number of esters is 1. The smallest absolute Gasteiger partial charge is 0.305 e. The summed E-state index contributed by atoms with van der Waals surface area (Å²) in [6.07, 6.45) is 43.3. The van der Waals surface area contributed by atoms with Gasteiger partial charge in [0.05, 0.1) is 40.1 Å². The second-order valence-electron chi connectivity index (χ2n) is 15.3. The number of likely N-dealkylation sites (N-methyl/N-ethyl adjacent to an activating group) is 1. The molecule has 10 heteroatoms. The van der Waals surface area contributed by atoms with E-state index in [2.05, 4.69) is 55.5 Å². The first-order valence-corrected chi connectivity index (χ1v) is 22.6. The van der Waals surface area contributed by atoms with Crippen LogP contribution >= 0.6 is 7.82 Å². The Morgan fingerprint density at radius 2 is 1.19 bits per heavy atom. The molecule has 0 aliphatic rings. The normalized spacial score (nSPS) is 14.9. The summed E-state index contributed by atoms with van der Waals surface area (Å²) in [5, 5.41) is 9.27. The minimum absolute atomic E-state index is 0.0115. The molecule has 1 unspecified atom stereocenters. The van der Waals surface area contributed by atoms with Gasteiger partial charge in [0, 0.05) is 6.42 Å². The zero-order chi connectivity index (χ0) is 40.0. The third-order valence-corrected chi connectivity index (χ3v) is 9.64. The predicted molar refractivity (Wildman–Crippen MR) is 223 cm³/mol. The van der Waals surface area contributed by atoms with E-state index >= 15 is 0 Å². The molecule has 0 fully saturated rings. The lowest BCUT2D eigenvalue weighted by Gasteiger charge is -2.28. The fourth-order valence-electron chi connectivity index (χ4n) is 5.30. The summed E-state index contributed by atoms with van der Waals surface area (Å²) in [5.74, 6) is -0.358. The van der Waals surface area contributed by atoms with E-state index in [9.17, 15) is 19.4 Å². The van der Waals surface area contributed by atoms with Crippen molar-refractivity contribution in [2.24, 2.45) is 0 Å². The average molecular weight is 782 g/mol. The molecule has 0 saturated heterocycles. The van der Waals surface area contributed by atoms with Gasteiger partial charge >= 0.3 is 5.97 Å². The van der Waals surface area contributed by atoms with Crippen molar-refractivity contribution in [1.29, 1.82) is 0 Å². The minimum Gasteiger partial charge on any atom is -0.756 e. The van der Waals surface area contributed by atoms with E-state index < -0.39 is 13.9 Å². The van der Waals surface area contributed by atoms with Crippen LogP contribution in [0.25, 0.3) is 0 Å². The maximum atomic E-state index is 12.4. The summed E-state index contributed by atoms with van der Waals surface area (Å²) in [5.41, 5.74) is 0. The van der Waals surface area contributed by atoms with E-state index in [-0.39, 0.29) is 38.3 Å². The number of carbonyl (C=O) groups excluding carboxylic acids is 1. The Balaban J connectivity index is 4.40. The lowest BCUT2D eigenvalue weighted by Crippen LogP contribution is -2.37. The molecule has 0 aliphatic heterocycles. The van der Waals surface area contributed by atoms with Crippen LogP contribution in [0.2, 0.25) is 0 Å². The second-order valence-corrected chi connectivity index (χ2v) is 16.8. The van der Waals surface area contributed by atoms with Crippen molar-refractivity contribution < 1.29 is 42.4 Å². The fourth-order valence-corrected chi connectivity index (χ4v) is 6.03. The molecule has 0 rings (SSSR count). The van der Waals surface area contributed by atoms with Crippen molar-refractivity contribution in [2.75, 3.05) is 47.5 Å².